The molecule has 0 aromatic carbocycles. The molecule has 0 amide bonds. The van der Waals surface area contributed by atoms with Crippen molar-refractivity contribution in [1.29, 1.82) is 0 Å². The molecule has 0 aromatic heterocycles. The van der Waals surface area contributed by atoms with Crippen LogP contribution in [0.25, 0.3) is 0 Å². The Bertz CT molecular complexity index is 515. The van der Waals surface area contributed by atoms with E-state index in [4.69, 9.17) is 18.5 Å². The van der Waals surface area contributed by atoms with Gasteiger partial charge in [-0.2, -0.15) is 0 Å². The number of phosphoric ester groups is 1. The molecule has 0 bridgehead atoms. The second-order valence-corrected chi connectivity index (χ2v) is 23.3. The first-order valence-electron chi connectivity index (χ1n) is 14.7. The third kappa shape index (κ3) is 27.6. The molecule has 2 atom stereocenters. The molecule has 2 unspecified atom stereocenters. The van der Waals surface area contributed by atoms with Crippen molar-refractivity contribution >= 4 is 21.4 Å². The van der Waals surface area contributed by atoms with Gasteiger partial charge in [0.2, 0.25) is 0 Å². The van der Waals surface area contributed by atoms with Gasteiger partial charge in [0.15, 0.2) is 0 Å². The molecule has 1 radical (unpaired) electrons. The molecule has 1 N–H and O–H groups in total. The normalized spacial score (nSPS) is 14.7. The minimum absolute atomic E-state index is 0.0839. The molecule has 0 fully saturated rings. The van der Waals surface area contributed by atoms with E-state index >= 15 is 0 Å². The third-order valence-corrected chi connectivity index (χ3v) is 10.6. The van der Waals surface area contributed by atoms with Gasteiger partial charge in [0.25, 0.3) is 0 Å². The molecular formula is C28H61AsO6P. The number of unbranched alkanes of at least 4 members (excludes halogenated alkanes) is 15. The van der Waals surface area contributed by atoms with Gasteiger partial charge in [0.05, 0.1) is 0 Å². The van der Waals surface area contributed by atoms with Crippen LogP contribution in [0.15, 0.2) is 0 Å². The Morgan fingerprint density at radius 2 is 1.14 bits per heavy atom. The average molecular weight is 600 g/mol. The van der Waals surface area contributed by atoms with Gasteiger partial charge < -0.3 is 0 Å². The number of rotatable bonds is 28. The van der Waals surface area contributed by atoms with Crippen LogP contribution < -0.4 is 0 Å². The van der Waals surface area contributed by atoms with Crippen LogP contribution in [-0.2, 0) is 23.1 Å². The van der Waals surface area contributed by atoms with Gasteiger partial charge in [0.1, 0.15) is 0 Å². The molecule has 0 aliphatic carbocycles. The van der Waals surface area contributed by atoms with E-state index in [2.05, 4.69) is 24.1 Å². The summed E-state index contributed by atoms with van der Waals surface area (Å²) < 4.78 is 33.4. The van der Waals surface area contributed by atoms with Crippen LogP contribution in [0.2, 0.25) is 22.3 Å². The molecule has 0 saturated heterocycles. The summed E-state index contributed by atoms with van der Waals surface area (Å²) in [6.07, 6.45) is 21.7. The number of hydrogen-bond donors (Lipinski definition) is 1. The molecule has 0 heterocycles. The zero-order chi connectivity index (χ0) is 27.0. The zero-order valence-electron chi connectivity index (χ0n) is 24.5. The van der Waals surface area contributed by atoms with Crippen molar-refractivity contribution in [2.75, 3.05) is 40.1 Å². The van der Waals surface area contributed by atoms with Crippen molar-refractivity contribution in [3.63, 3.8) is 0 Å². The van der Waals surface area contributed by atoms with Crippen LogP contribution in [0.1, 0.15) is 110 Å². The third-order valence-electron chi connectivity index (χ3n) is 6.39. The molecule has 0 spiro atoms. The van der Waals surface area contributed by atoms with Gasteiger partial charge in [-0.15, -0.1) is 0 Å². The molecule has 0 aromatic rings. The summed E-state index contributed by atoms with van der Waals surface area (Å²) in [5.41, 5.74) is 6.70. The fourth-order valence-electron chi connectivity index (χ4n) is 4.05. The van der Waals surface area contributed by atoms with E-state index in [1.54, 1.807) is 7.11 Å². The molecule has 8 heteroatoms. The summed E-state index contributed by atoms with van der Waals surface area (Å²) in [4.78, 5) is 9.90. The molecule has 0 aliphatic rings. The van der Waals surface area contributed by atoms with Crippen LogP contribution in [0.3, 0.4) is 0 Å². The fraction of sp³-hybridized carbons (Fsp3) is 1.00. The number of hydrogen-bond acceptors (Lipinski definition) is 5. The molecule has 0 rings (SSSR count). The van der Waals surface area contributed by atoms with Crippen molar-refractivity contribution in [3.05, 3.63) is 0 Å². The van der Waals surface area contributed by atoms with E-state index in [0.717, 1.165) is 11.6 Å². The summed E-state index contributed by atoms with van der Waals surface area (Å²) in [5, 5.41) is 0.857. The van der Waals surface area contributed by atoms with Gasteiger partial charge in [-0.25, -0.2) is 0 Å². The van der Waals surface area contributed by atoms with E-state index in [0.29, 0.717) is 19.8 Å². The summed E-state index contributed by atoms with van der Waals surface area (Å²) >= 11 is -1.64. The summed E-state index contributed by atoms with van der Waals surface area (Å²) in [6, 6.07) is 0. The SMILES string of the molecule is CCCCCCCCCCCCCCCCCCOCC(COC)COP(=O)(O)OCC[As](C)(C)C. The van der Waals surface area contributed by atoms with Gasteiger partial charge >= 0.3 is 131 Å². The van der Waals surface area contributed by atoms with E-state index < -0.39 is 21.4 Å². The first kappa shape index (κ1) is 36.6. The Morgan fingerprint density at radius 3 is 1.58 bits per heavy atom. The van der Waals surface area contributed by atoms with Crippen LogP contribution in [-0.4, -0.2) is 58.6 Å². The average Bonchev–Trinajstić information content (AvgIpc) is 2.80. The van der Waals surface area contributed by atoms with Gasteiger partial charge in [0, 0.05) is 0 Å². The predicted molar refractivity (Wildman–Crippen MR) is 156 cm³/mol. The Labute approximate surface area is 227 Å². The Kier molecular flexibility index (Phi) is 25.0. The van der Waals surface area contributed by atoms with Gasteiger partial charge in [-0.1, -0.05) is 96.8 Å². The Morgan fingerprint density at radius 1 is 0.667 bits per heavy atom. The second-order valence-electron chi connectivity index (χ2n) is 11.3. The van der Waals surface area contributed by atoms with E-state index in [1.165, 1.54) is 96.3 Å². The quantitative estimate of drug-likeness (QED) is 0.0550. The second kappa shape index (κ2) is 24.6. The molecule has 6 nitrogen and oxygen atoms in total. The van der Waals surface area contributed by atoms with E-state index in [9.17, 15) is 9.46 Å². The standard InChI is InChI=1S/C28H61AsO6P/c1-6-7-8-9-10-11-12-13-14-15-16-17-18-19-20-21-23-33-26-28(25-32-5)27-35-36(30,31)34-24-22-29(2,3)4/h28H,6-27H2,1-5H3,(H,30,31). The summed E-state index contributed by atoms with van der Waals surface area (Å²) in [7, 11) is -2.40. The van der Waals surface area contributed by atoms with Crippen LogP contribution in [0.5, 0.6) is 0 Å². The maximum absolute atomic E-state index is 12.1. The van der Waals surface area contributed by atoms with Crippen LogP contribution >= 0.6 is 7.82 Å². The van der Waals surface area contributed by atoms with Gasteiger partial charge in [-0.3, -0.25) is 0 Å². The first-order chi connectivity index (χ1) is 17.2. The van der Waals surface area contributed by atoms with Crippen molar-refractivity contribution in [2.24, 2.45) is 5.92 Å². The first-order valence-corrected chi connectivity index (χ1v) is 23.1. The minimum atomic E-state index is -4.02. The molecule has 0 saturated carbocycles. The summed E-state index contributed by atoms with van der Waals surface area (Å²) in [5.74, 6) is -0.0839. The van der Waals surface area contributed by atoms with Gasteiger partial charge in [-0.05, 0) is 0 Å². The Hall–Kier alpha value is 0.588. The molecular weight excluding hydrogens is 538 g/mol. The molecule has 36 heavy (non-hydrogen) atoms. The van der Waals surface area contributed by atoms with Crippen LogP contribution in [0.4, 0.5) is 0 Å². The number of ether oxygens (including phenoxy) is 2. The van der Waals surface area contributed by atoms with Crippen molar-refractivity contribution in [2.45, 2.75) is 132 Å². The monoisotopic (exact) mass is 599 g/mol. The molecule has 0 aliphatic heterocycles. The Balaban J connectivity index is 3.59. The van der Waals surface area contributed by atoms with Crippen molar-refractivity contribution in [3.8, 4) is 0 Å². The maximum atomic E-state index is 12.1. The molecule has 219 valence electrons. The predicted octanol–water partition coefficient (Wildman–Crippen LogP) is 9.00. The number of phosphoric acid groups is 1. The zero-order valence-corrected chi connectivity index (χ0v) is 27.3. The number of methoxy groups -OCH3 is 1. The fourth-order valence-corrected chi connectivity index (χ4v) is 6.50. The summed E-state index contributed by atoms with van der Waals surface area (Å²) in [6.45, 7) is 4.24. The topological polar surface area (TPSA) is 74.2 Å². The van der Waals surface area contributed by atoms with Crippen molar-refractivity contribution in [1.82, 2.24) is 0 Å². The van der Waals surface area contributed by atoms with Crippen LogP contribution in [0, 0.1) is 5.92 Å². The van der Waals surface area contributed by atoms with Crippen molar-refractivity contribution < 1.29 is 28.0 Å². The van der Waals surface area contributed by atoms with E-state index in [1.807, 2.05) is 0 Å². The van der Waals surface area contributed by atoms with E-state index in [-0.39, 0.29) is 19.1 Å².